The highest BCUT2D eigenvalue weighted by Crippen LogP contribution is 2.18. The maximum atomic E-state index is 5.14. The average molecular weight is 180 g/mol. The maximum Gasteiger partial charge on any atom is 0.126 e. The number of methoxy groups -OCH3 is 1. The summed E-state index contributed by atoms with van der Waals surface area (Å²) < 4.78 is 5.14. The van der Waals surface area contributed by atoms with Crippen LogP contribution in [-0.2, 0) is 6.42 Å². The van der Waals surface area contributed by atoms with Crippen molar-refractivity contribution >= 4 is 17.6 Å². The quantitative estimate of drug-likeness (QED) is 0.661. The van der Waals surface area contributed by atoms with Gasteiger partial charge in [-0.05, 0) is 24.1 Å². The molecule has 0 spiro atoms. The molecule has 1 rings (SSSR count). The molecule has 64 valence electrons. The van der Waals surface area contributed by atoms with Crippen LogP contribution in [0.4, 0.5) is 0 Å². The molecule has 0 aromatic heterocycles. The van der Waals surface area contributed by atoms with Crippen LogP contribution in [0.15, 0.2) is 18.2 Å². The van der Waals surface area contributed by atoms with E-state index >= 15 is 0 Å². The molecular formula is C10H12OS. The van der Waals surface area contributed by atoms with Crippen molar-refractivity contribution in [2.24, 2.45) is 0 Å². The van der Waals surface area contributed by atoms with Crippen molar-refractivity contribution in [3.05, 3.63) is 29.3 Å². The summed E-state index contributed by atoms with van der Waals surface area (Å²) in [6, 6.07) is 6.07. The van der Waals surface area contributed by atoms with Crippen LogP contribution in [0.1, 0.15) is 18.1 Å². The fourth-order valence-corrected chi connectivity index (χ4v) is 1.28. The summed E-state index contributed by atoms with van der Waals surface area (Å²) in [5, 5.41) is 1.65. The summed E-state index contributed by atoms with van der Waals surface area (Å²) in [7, 11) is 1.66. The minimum atomic E-state index is 0.849. The van der Waals surface area contributed by atoms with Crippen LogP contribution in [0, 0.1) is 0 Å². The third-order valence-corrected chi connectivity index (χ3v) is 2.08. The summed E-state index contributed by atoms with van der Waals surface area (Å²) >= 11 is 4.87. The number of aryl methyl sites for hydroxylation is 1. The van der Waals surface area contributed by atoms with Crippen LogP contribution in [0.2, 0.25) is 0 Å². The Hall–Kier alpha value is -0.890. The van der Waals surface area contributed by atoms with Gasteiger partial charge < -0.3 is 4.74 Å². The minimum Gasteiger partial charge on any atom is -0.496 e. The molecule has 0 unspecified atom stereocenters. The van der Waals surface area contributed by atoms with Crippen molar-refractivity contribution in [2.45, 2.75) is 13.3 Å². The summed E-state index contributed by atoms with van der Waals surface area (Å²) in [5.41, 5.74) is 2.28. The third kappa shape index (κ3) is 1.83. The van der Waals surface area contributed by atoms with Gasteiger partial charge in [0.25, 0.3) is 0 Å². The van der Waals surface area contributed by atoms with Gasteiger partial charge in [0.1, 0.15) is 5.75 Å². The van der Waals surface area contributed by atoms with E-state index in [0.717, 1.165) is 17.7 Å². The number of ether oxygens (including phenoxy) is 1. The van der Waals surface area contributed by atoms with Crippen molar-refractivity contribution in [3.8, 4) is 5.75 Å². The molecule has 0 radical (unpaired) electrons. The Morgan fingerprint density at radius 3 is 2.75 bits per heavy atom. The molecule has 0 fully saturated rings. The van der Waals surface area contributed by atoms with Crippen LogP contribution >= 0.6 is 12.2 Å². The zero-order valence-electron chi connectivity index (χ0n) is 7.33. The fraction of sp³-hybridized carbons (Fsp3) is 0.300. The topological polar surface area (TPSA) is 9.23 Å². The number of benzene rings is 1. The van der Waals surface area contributed by atoms with Gasteiger partial charge in [0, 0.05) is 10.9 Å². The number of hydrogen-bond donors (Lipinski definition) is 0. The highest BCUT2D eigenvalue weighted by Gasteiger charge is 1.99. The number of rotatable bonds is 3. The summed E-state index contributed by atoms with van der Waals surface area (Å²) in [4.78, 5) is 0. The second-order valence-electron chi connectivity index (χ2n) is 2.55. The van der Waals surface area contributed by atoms with Gasteiger partial charge in [0.2, 0.25) is 0 Å². The van der Waals surface area contributed by atoms with E-state index in [1.165, 1.54) is 5.56 Å². The molecule has 0 bridgehead atoms. The standard InChI is InChI=1S/C10H12OS/c1-3-8-4-5-10(11-2)9(6-8)7-12/h4-7H,3H2,1-2H3. The number of thiocarbonyl (C=S) groups is 1. The molecule has 0 aliphatic carbocycles. The first kappa shape index (κ1) is 9.20. The van der Waals surface area contributed by atoms with E-state index in [0.29, 0.717) is 0 Å². The Morgan fingerprint density at radius 2 is 2.25 bits per heavy atom. The molecule has 1 aromatic carbocycles. The highest BCUT2D eigenvalue weighted by molar-refractivity contribution is 7.79. The van der Waals surface area contributed by atoms with Crippen molar-refractivity contribution in [1.29, 1.82) is 0 Å². The Kier molecular flexibility index (Phi) is 3.23. The molecule has 0 atom stereocenters. The Bertz CT molecular complexity index is 281. The van der Waals surface area contributed by atoms with E-state index in [1.54, 1.807) is 12.5 Å². The first-order valence-electron chi connectivity index (χ1n) is 3.94. The van der Waals surface area contributed by atoms with Gasteiger partial charge in [-0.25, -0.2) is 0 Å². The van der Waals surface area contributed by atoms with Crippen molar-refractivity contribution in [3.63, 3.8) is 0 Å². The number of hydrogen-bond acceptors (Lipinski definition) is 2. The van der Waals surface area contributed by atoms with E-state index in [1.807, 2.05) is 6.07 Å². The van der Waals surface area contributed by atoms with Crippen LogP contribution in [0.3, 0.4) is 0 Å². The van der Waals surface area contributed by atoms with Gasteiger partial charge in [0.05, 0.1) is 7.11 Å². The van der Waals surface area contributed by atoms with Gasteiger partial charge >= 0.3 is 0 Å². The molecule has 0 saturated heterocycles. The monoisotopic (exact) mass is 180 g/mol. The van der Waals surface area contributed by atoms with E-state index in [9.17, 15) is 0 Å². The second-order valence-corrected chi connectivity index (χ2v) is 2.78. The maximum absolute atomic E-state index is 5.14. The normalized spacial score (nSPS) is 9.50. The lowest BCUT2D eigenvalue weighted by atomic mass is 10.1. The SMILES string of the molecule is CCc1ccc(OC)c(C=S)c1. The first-order valence-corrected chi connectivity index (χ1v) is 4.41. The first-order chi connectivity index (χ1) is 5.81. The zero-order valence-corrected chi connectivity index (χ0v) is 8.15. The molecule has 0 saturated carbocycles. The zero-order chi connectivity index (χ0) is 8.97. The smallest absolute Gasteiger partial charge is 0.126 e. The molecular weight excluding hydrogens is 168 g/mol. The van der Waals surface area contributed by atoms with Crippen LogP contribution in [0.25, 0.3) is 0 Å². The van der Waals surface area contributed by atoms with Crippen LogP contribution in [-0.4, -0.2) is 12.5 Å². The molecule has 0 heterocycles. The lowest BCUT2D eigenvalue weighted by Crippen LogP contribution is -1.91. The van der Waals surface area contributed by atoms with Crippen LogP contribution < -0.4 is 4.74 Å². The van der Waals surface area contributed by atoms with Crippen molar-refractivity contribution in [1.82, 2.24) is 0 Å². The van der Waals surface area contributed by atoms with Gasteiger partial charge in [-0.3, -0.25) is 0 Å². The van der Waals surface area contributed by atoms with E-state index in [2.05, 4.69) is 19.1 Å². The Balaban J connectivity index is 3.10. The molecule has 2 heteroatoms. The summed E-state index contributed by atoms with van der Waals surface area (Å²) in [5.74, 6) is 0.849. The fourth-order valence-electron chi connectivity index (χ4n) is 1.10. The van der Waals surface area contributed by atoms with Gasteiger partial charge in [0.15, 0.2) is 0 Å². The van der Waals surface area contributed by atoms with E-state index < -0.39 is 0 Å². The molecule has 0 aliphatic rings. The average Bonchev–Trinajstić information content (AvgIpc) is 2.16. The highest BCUT2D eigenvalue weighted by atomic mass is 32.1. The largest absolute Gasteiger partial charge is 0.496 e. The van der Waals surface area contributed by atoms with E-state index in [4.69, 9.17) is 17.0 Å². The molecule has 0 aliphatic heterocycles. The Morgan fingerprint density at radius 1 is 1.50 bits per heavy atom. The third-order valence-electron chi connectivity index (χ3n) is 1.83. The predicted molar refractivity (Wildman–Crippen MR) is 55.1 cm³/mol. The van der Waals surface area contributed by atoms with Gasteiger partial charge in [-0.15, -0.1) is 0 Å². The lowest BCUT2D eigenvalue weighted by Gasteiger charge is -2.05. The summed E-state index contributed by atoms with van der Waals surface area (Å²) in [6.07, 6.45) is 1.03. The molecule has 0 N–H and O–H groups in total. The van der Waals surface area contributed by atoms with Crippen molar-refractivity contribution in [2.75, 3.05) is 7.11 Å². The lowest BCUT2D eigenvalue weighted by molar-refractivity contribution is 0.414. The van der Waals surface area contributed by atoms with Crippen molar-refractivity contribution < 1.29 is 4.74 Å². The predicted octanol–water partition coefficient (Wildman–Crippen LogP) is 2.61. The molecule has 1 aromatic rings. The Labute approximate surface area is 78.4 Å². The summed E-state index contributed by atoms with van der Waals surface area (Å²) in [6.45, 7) is 2.12. The minimum absolute atomic E-state index is 0.849. The molecule has 12 heavy (non-hydrogen) atoms. The molecule has 0 amide bonds. The van der Waals surface area contributed by atoms with E-state index in [-0.39, 0.29) is 0 Å². The van der Waals surface area contributed by atoms with Gasteiger partial charge in [-0.1, -0.05) is 25.2 Å². The van der Waals surface area contributed by atoms with Crippen LogP contribution in [0.5, 0.6) is 5.75 Å². The van der Waals surface area contributed by atoms with Gasteiger partial charge in [-0.2, -0.15) is 0 Å². The second kappa shape index (κ2) is 4.21. The molecule has 1 nitrogen and oxygen atoms in total.